The molecule has 9 heteroatoms. The van der Waals surface area contributed by atoms with Crippen LogP contribution in [-0.4, -0.2) is 36.8 Å². The third-order valence-electron chi connectivity index (χ3n) is 3.77. The van der Waals surface area contributed by atoms with Crippen LogP contribution in [0.2, 0.25) is 0 Å². The summed E-state index contributed by atoms with van der Waals surface area (Å²) >= 11 is 0. The first-order chi connectivity index (χ1) is 11.4. The fraction of sp³-hybridized carbons (Fsp3) is 0.267. The molecule has 1 aromatic carbocycles. The van der Waals surface area contributed by atoms with E-state index in [4.69, 9.17) is 5.84 Å². The van der Waals surface area contributed by atoms with Gasteiger partial charge in [0.25, 0.3) is 6.43 Å². The Bertz CT molecular complexity index is 799. The van der Waals surface area contributed by atoms with E-state index >= 15 is 0 Å². The van der Waals surface area contributed by atoms with Crippen molar-refractivity contribution in [3.8, 4) is 11.3 Å². The van der Waals surface area contributed by atoms with Gasteiger partial charge in [-0.15, -0.1) is 0 Å². The van der Waals surface area contributed by atoms with Gasteiger partial charge in [-0.3, -0.25) is 9.99 Å². The highest BCUT2D eigenvalue weighted by atomic mass is 19.3. The van der Waals surface area contributed by atoms with Crippen LogP contribution in [0.15, 0.2) is 24.5 Å². The zero-order chi connectivity index (χ0) is 17.4. The number of alkyl halides is 2. The molecule has 0 radical (unpaired) electrons. The molecule has 1 aliphatic heterocycles. The topological polar surface area (TPSA) is 84.6 Å². The van der Waals surface area contributed by atoms with Crippen LogP contribution in [0.4, 0.5) is 20.2 Å². The molecule has 126 valence electrons. The Kier molecular flexibility index (Phi) is 4.02. The first kappa shape index (κ1) is 16.1. The molecule has 0 amide bonds. The maximum absolute atomic E-state index is 13.5. The first-order valence-electron chi connectivity index (χ1n) is 7.03. The second kappa shape index (κ2) is 6.00. The lowest BCUT2D eigenvalue weighted by Gasteiger charge is -2.17. The van der Waals surface area contributed by atoms with Crippen LogP contribution < -0.4 is 15.8 Å². The van der Waals surface area contributed by atoms with Gasteiger partial charge < -0.3 is 9.64 Å². The number of hydrogen-bond donors (Lipinski definition) is 1. The predicted molar refractivity (Wildman–Crippen MR) is 83.7 cm³/mol. The van der Waals surface area contributed by atoms with Crippen LogP contribution in [0.25, 0.3) is 11.3 Å². The summed E-state index contributed by atoms with van der Waals surface area (Å²) < 4.78 is 31.6. The average Bonchev–Trinajstić information content (AvgIpc) is 2.87. The lowest BCUT2D eigenvalue weighted by Crippen LogP contribution is -2.34. The number of halogens is 2. The van der Waals surface area contributed by atoms with E-state index in [1.54, 1.807) is 13.1 Å². The number of aromatic nitrogens is 2. The van der Waals surface area contributed by atoms with E-state index in [0.717, 1.165) is 0 Å². The maximum Gasteiger partial charge on any atom is 0.358 e. The predicted octanol–water partition coefficient (Wildman–Crippen LogP) is 1.96. The van der Waals surface area contributed by atoms with Gasteiger partial charge in [0, 0.05) is 18.2 Å². The number of carbonyl (C=O) groups excluding carboxylic acids is 1. The third kappa shape index (κ3) is 2.52. The van der Waals surface area contributed by atoms with Gasteiger partial charge in [-0.25, -0.2) is 24.4 Å². The van der Waals surface area contributed by atoms with Crippen LogP contribution in [0, 0.1) is 0 Å². The molecule has 0 saturated heterocycles. The molecule has 0 saturated carbocycles. The Morgan fingerprint density at radius 3 is 2.79 bits per heavy atom. The summed E-state index contributed by atoms with van der Waals surface area (Å²) in [6.45, 7) is 0.346. The van der Waals surface area contributed by atoms with Crippen molar-refractivity contribution in [1.29, 1.82) is 0 Å². The number of fused-ring (bicyclic) bond motifs is 1. The largest absolute Gasteiger partial charge is 0.464 e. The van der Waals surface area contributed by atoms with E-state index in [0.29, 0.717) is 18.0 Å². The van der Waals surface area contributed by atoms with Gasteiger partial charge in [-0.2, -0.15) is 0 Å². The summed E-state index contributed by atoms with van der Waals surface area (Å²) in [5, 5.41) is 1.36. The molecule has 0 atom stereocenters. The highest BCUT2D eigenvalue weighted by molar-refractivity contribution is 5.93. The summed E-state index contributed by atoms with van der Waals surface area (Å²) in [5.41, 5.74) is 1.12. The molecule has 0 spiro atoms. The SMILES string of the molecule is COC(=O)c1cncc(-c2c(C(F)F)ccc3c2N(N)CN3C)n1. The maximum atomic E-state index is 13.5. The molecule has 0 aliphatic carbocycles. The summed E-state index contributed by atoms with van der Waals surface area (Å²) in [6, 6.07) is 2.92. The number of nitrogens with zero attached hydrogens (tertiary/aromatic N) is 4. The molecule has 2 N–H and O–H groups in total. The summed E-state index contributed by atoms with van der Waals surface area (Å²) in [4.78, 5) is 21.5. The molecule has 24 heavy (non-hydrogen) atoms. The van der Waals surface area contributed by atoms with E-state index in [-0.39, 0.29) is 22.5 Å². The average molecular weight is 335 g/mol. The number of benzene rings is 1. The van der Waals surface area contributed by atoms with Crippen molar-refractivity contribution in [3.63, 3.8) is 0 Å². The van der Waals surface area contributed by atoms with Crippen molar-refractivity contribution < 1.29 is 18.3 Å². The second-order valence-corrected chi connectivity index (χ2v) is 5.29. The molecule has 0 fully saturated rings. The lowest BCUT2D eigenvalue weighted by molar-refractivity contribution is 0.0593. The number of anilines is 2. The Balaban J connectivity index is 2.25. The van der Waals surface area contributed by atoms with E-state index in [2.05, 4.69) is 14.7 Å². The Morgan fingerprint density at radius 2 is 2.12 bits per heavy atom. The number of hydrogen-bond acceptors (Lipinski definition) is 7. The summed E-state index contributed by atoms with van der Waals surface area (Å²) in [7, 11) is 3.01. The zero-order valence-corrected chi connectivity index (χ0v) is 13.0. The first-order valence-corrected chi connectivity index (χ1v) is 7.03. The minimum atomic E-state index is -2.73. The number of hydrazine groups is 1. The number of rotatable bonds is 3. The molecule has 2 aromatic rings. The number of esters is 1. The number of nitrogens with two attached hydrogens (primary N) is 1. The molecule has 1 aliphatic rings. The van der Waals surface area contributed by atoms with Crippen molar-refractivity contribution in [1.82, 2.24) is 9.97 Å². The summed E-state index contributed by atoms with van der Waals surface area (Å²) in [6.07, 6.45) is -0.194. The number of methoxy groups -OCH3 is 1. The molecule has 0 unspecified atom stereocenters. The highest BCUT2D eigenvalue weighted by Crippen LogP contribution is 2.45. The van der Waals surface area contributed by atoms with E-state index in [1.165, 1.54) is 30.6 Å². The standard InChI is InChI=1S/C15H15F2N5O2/c1-21-7-22(18)13-11(21)4-3-8(14(16)17)12(13)9-5-19-6-10(20-9)15(23)24-2/h3-6,14H,7,18H2,1-2H3. The van der Waals surface area contributed by atoms with Gasteiger partial charge in [0.05, 0.1) is 36.6 Å². The van der Waals surface area contributed by atoms with Crippen LogP contribution in [0.5, 0.6) is 0 Å². The molecule has 3 rings (SSSR count). The van der Waals surface area contributed by atoms with E-state index < -0.39 is 12.4 Å². The van der Waals surface area contributed by atoms with Crippen LogP contribution in [0.3, 0.4) is 0 Å². The molecule has 1 aromatic heterocycles. The van der Waals surface area contributed by atoms with Gasteiger partial charge in [0.2, 0.25) is 0 Å². The van der Waals surface area contributed by atoms with E-state index in [1.807, 2.05) is 4.90 Å². The van der Waals surface area contributed by atoms with Crippen molar-refractivity contribution >= 4 is 17.3 Å². The van der Waals surface area contributed by atoms with Crippen LogP contribution in [0.1, 0.15) is 22.5 Å². The molecule has 7 nitrogen and oxygen atoms in total. The fourth-order valence-electron chi connectivity index (χ4n) is 2.71. The van der Waals surface area contributed by atoms with Gasteiger partial charge in [0.1, 0.15) is 6.67 Å². The van der Waals surface area contributed by atoms with Gasteiger partial charge >= 0.3 is 5.97 Å². The molecular weight excluding hydrogens is 320 g/mol. The third-order valence-corrected chi connectivity index (χ3v) is 3.77. The second-order valence-electron chi connectivity index (χ2n) is 5.29. The fourth-order valence-corrected chi connectivity index (χ4v) is 2.71. The van der Waals surface area contributed by atoms with Crippen molar-refractivity contribution in [2.45, 2.75) is 6.43 Å². The smallest absolute Gasteiger partial charge is 0.358 e. The number of ether oxygens (including phenoxy) is 1. The number of carbonyl (C=O) groups is 1. The van der Waals surface area contributed by atoms with Crippen molar-refractivity contribution in [3.05, 3.63) is 35.8 Å². The van der Waals surface area contributed by atoms with Crippen molar-refractivity contribution in [2.24, 2.45) is 5.84 Å². The van der Waals surface area contributed by atoms with Crippen molar-refractivity contribution in [2.75, 3.05) is 30.7 Å². The highest BCUT2D eigenvalue weighted by Gasteiger charge is 2.30. The zero-order valence-electron chi connectivity index (χ0n) is 13.0. The van der Waals surface area contributed by atoms with Crippen LogP contribution in [-0.2, 0) is 4.74 Å². The minimum Gasteiger partial charge on any atom is -0.464 e. The monoisotopic (exact) mass is 335 g/mol. The minimum absolute atomic E-state index is 0.0669. The normalized spacial score (nSPS) is 13.4. The summed E-state index contributed by atoms with van der Waals surface area (Å²) in [5.74, 6) is 5.28. The quantitative estimate of drug-likeness (QED) is 0.678. The Hall–Kier alpha value is -2.81. The van der Waals surface area contributed by atoms with Gasteiger partial charge in [0.15, 0.2) is 5.69 Å². The molecular formula is C15H15F2N5O2. The lowest BCUT2D eigenvalue weighted by atomic mass is 10.0. The Morgan fingerprint density at radius 1 is 1.38 bits per heavy atom. The molecule has 2 heterocycles. The Labute approximate surface area is 136 Å². The van der Waals surface area contributed by atoms with E-state index in [9.17, 15) is 13.6 Å². The van der Waals surface area contributed by atoms with Gasteiger partial charge in [-0.05, 0) is 6.07 Å². The van der Waals surface area contributed by atoms with Crippen LogP contribution >= 0.6 is 0 Å². The van der Waals surface area contributed by atoms with Gasteiger partial charge in [-0.1, -0.05) is 6.07 Å². The molecule has 0 bridgehead atoms.